The molecule has 0 aliphatic carbocycles. The smallest absolute Gasteiger partial charge is 0.250 e. The van der Waals surface area contributed by atoms with Crippen molar-refractivity contribution >= 4 is 33.0 Å². The van der Waals surface area contributed by atoms with Crippen LogP contribution in [0.2, 0.25) is 0 Å². The van der Waals surface area contributed by atoms with Crippen molar-refractivity contribution in [1.82, 2.24) is 4.72 Å². The summed E-state index contributed by atoms with van der Waals surface area (Å²) >= 11 is 1.24. The summed E-state index contributed by atoms with van der Waals surface area (Å²) in [5.74, 6) is 0.248. The zero-order chi connectivity index (χ0) is 16.0. The lowest BCUT2D eigenvalue weighted by Crippen LogP contribution is -2.28. The molecule has 22 heavy (non-hydrogen) atoms. The summed E-state index contributed by atoms with van der Waals surface area (Å²) in [7, 11) is -3.46. The molecule has 118 valence electrons. The number of nitrogens with two attached hydrogens (primary N) is 1. The van der Waals surface area contributed by atoms with Crippen LogP contribution in [0.5, 0.6) is 0 Å². The van der Waals surface area contributed by atoms with Crippen molar-refractivity contribution in [2.75, 3.05) is 18.4 Å². The molecule has 6 nitrogen and oxygen atoms in total. The maximum atomic E-state index is 12.0. The van der Waals surface area contributed by atoms with Gasteiger partial charge in [-0.15, -0.1) is 11.3 Å². The average molecular weight is 338 g/mol. The molecule has 0 fully saturated rings. The zero-order valence-electron chi connectivity index (χ0n) is 12.1. The largest absolute Gasteiger partial charge is 0.370 e. The van der Waals surface area contributed by atoms with Gasteiger partial charge in [0.05, 0.1) is 6.54 Å². The molecule has 0 bridgehead atoms. The molecule has 0 atom stereocenters. The number of aliphatic imine (C=N–C) groups is 1. The number of benzene rings is 1. The Morgan fingerprint density at radius 2 is 1.95 bits per heavy atom. The Hall–Kier alpha value is -1.90. The van der Waals surface area contributed by atoms with Gasteiger partial charge in [-0.05, 0) is 31.2 Å². The highest BCUT2D eigenvalue weighted by atomic mass is 32.2. The number of sulfonamides is 1. The van der Waals surface area contributed by atoms with E-state index in [2.05, 4.69) is 15.0 Å². The molecule has 1 heterocycles. The minimum Gasteiger partial charge on any atom is -0.370 e. The SMILES string of the molecule is Cc1ccc(S(=O)(=O)NCCN=C(N)Nc2ccccc2)s1. The number of nitrogens with one attached hydrogen (secondary N) is 2. The molecule has 0 saturated heterocycles. The van der Waals surface area contributed by atoms with Gasteiger partial charge >= 0.3 is 0 Å². The van der Waals surface area contributed by atoms with Gasteiger partial charge in [0.2, 0.25) is 10.0 Å². The van der Waals surface area contributed by atoms with Crippen molar-refractivity contribution < 1.29 is 8.42 Å². The molecule has 0 aliphatic heterocycles. The first-order valence-corrected chi connectivity index (χ1v) is 8.95. The predicted molar refractivity (Wildman–Crippen MR) is 90.8 cm³/mol. The number of rotatable bonds is 6. The van der Waals surface area contributed by atoms with E-state index in [1.54, 1.807) is 12.1 Å². The van der Waals surface area contributed by atoms with E-state index in [1.165, 1.54) is 11.3 Å². The molecule has 0 amide bonds. The number of hydrogen-bond donors (Lipinski definition) is 3. The van der Waals surface area contributed by atoms with Gasteiger partial charge in [-0.1, -0.05) is 18.2 Å². The third kappa shape index (κ3) is 4.83. The van der Waals surface area contributed by atoms with Crippen LogP contribution in [0.1, 0.15) is 4.88 Å². The van der Waals surface area contributed by atoms with Gasteiger partial charge in [0.25, 0.3) is 0 Å². The first kappa shape index (κ1) is 16.5. The standard InChI is InChI=1S/C14H18N4O2S2/c1-11-7-8-13(21-11)22(19,20)17-10-9-16-14(15)18-12-5-3-2-4-6-12/h2-8,17H,9-10H2,1H3,(H3,15,16,18). The Bertz CT molecular complexity index is 739. The van der Waals surface area contributed by atoms with Crippen LogP contribution in [0, 0.1) is 6.92 Å². The fraction of sp³-hybridized carbons (Fsp3) is 0.214. The number of para-hydroxylation sites is 1. The second-order valence-corrected chi connectivity index (χ2v) is 7.80. The molecule has 2 aromatic rings. The summed E-state index contributed by atoms with van der Waals surface area (Å²) in [5.41, 5.74) is 6.57. The second kappa shape index (κ2) is 7.39. The minimum absolute atomic E-state index is 0.191. The van der Waals surface area contributed by atoms with E-state index in [9.17, 15) is 8.42 Å². The van der Waals surface area contributed by atoms with Gasteiger partial charge in [-0.2, -0.15) is 0 Å². The molecule has 8 heteroatoms. The molecular formula is C14H18N4O2S2. The number of thiophene rings is 1. The van der Waals surface area contributed by atoms with E-state index in [4.69, 9.17) is 5.73 Å². The first-order valence-electron chi connectivity index (χ1n) is 6.65. The molecule has 0 saturated carbocycles. The van der Waals surface area contributed by atoms with Crippen LogP contribution in [0.4, 0.5) is 5.69 Å². The lowest BCUT2D eigenvalue weighted by Gasteiger charge is -2.06. The summed E-state index contributed by atoms with van der Waals surface area (Å²) in [5, 5.41) is 2.93. The lowest BCUT2D eigenvalue weighted by molar-refractivity contribution is 0.584. The van der Waals surface area contributed by atoms with E-state index in [1.807, 2.05) is 37.3 Å². The summed E-state index contributed by atoms with van der Waals surface area (Å²) < 4.78 is 26.8. The maximum Gasteiger partial charge on any atom is 0.250 e. The quantitative estimate of drug-likeness (QED) is 0.425. The van der Waals surface area contributed by atoms with Gasteiger partial charge in [0, 0.05) is 17.1 Å². The van der Waals surface area contributed by atoms with Gasteiger partial charge < -0.3 is 11.1 Å². The first-order chi connectivity index (χ1) is 10.5. The number of anilines is 1. The van der Waals surface area contributed by atoms with Crippen LogP contribution in [0.25, 0.3) is 0 Å². The Morgan fingerprint density at radius 3 is 2.59 bits per heavy atom. The Balaban J connectivity index is 1.82. The van der Waals surface area contributed by atoms with Crippen molar-refractivity contribution in [1.29, 1.82) is 0 Å². The molecule has 0 unspecified atom stereocenters. The van der Waals surface area contributed by atoms with Crippen molar-refractivity contribution in [3.05, 3.63) is 47.3 Å². The fourth-order valence-corrected chi connectivity index (χ4v) is 4.04. The zero-order valence-corrected chi connectivity index (χ0v) is 13.7. The van der Waals surface area contributed by atoms with Crippen molar-refractivity contribution in [2.24, 2.45) is 10.7 Å². The van der Waals surface area contributed by atoms with Crippen LogP contribution in [-0.2, 0) is 10.0 Å². The van der Waals surface area contributed by atoms with Crippen molar-refractivity contribution in [3.63, 3.8) is 0 Å². The molecule has 0 aliphatic rings. The fourth-order valence-electron chi connectivity index (χ4n) is 1.69. The summed E-state index contributed by atoms with van der Waals surface area (Å²) in [4.78, 5) is 5.03. The topological polar surface area (TPSA) is 96.6 Å². The lowest BCUT2D eigenvalue weighted by atomic mass is 10.3. The van der Waals surface area contributed by atoms with Crippen LogP contribution < -0.4 is 15.8 Å². The minimum atomic E-state index is -3.46. The molecule has 1 aromatic heterocycles. The van der Waals surface area contributed by atoms with E-state index in [-0.39, 0.29) is 19.0 Å². The number of hydrogen-bond acceptors (Lipinski definition) is 4. The molecule has 0 spiro atoms. The van der Waals surface area contributed by atoms with Crippen LogP contribution in [0.3, 0.4) is 0 Å². The Kier molecular flexibility index (Phi) is 5.53. The molecule has 2 rings (SSSR count). The van der Waals surface area contributed by atoms with Gasteiger partial charge in [0.1, 0.15) is 4.21 Å². The van der Waals surface area contributed by atoms with Crippen molar-refractivity contribution in [2.45, 2.75) is 11.1 Å². The van der Waals surface area contributed by atoms with Crippen molar-refractivity contribution in [3.8, 4) is 0 Å². The third-order valence-electron chi connectivity index (χ3n) is 2.71. The van der Waals surface area contributed by atoms with Crippen LogP contribution in [0.15, 0.2) is 51.7 Å². The summed E-state index contributed by atoms with van der Waals surface area (Å²) in [6, 6.07) is 12.8. The highest BCUT2D eigenvalue weighted by molar-refractivity contribution is 7.91. The number of nitrogens with zero attached hydrogens (tertiary/aromatic N) is 1. The summed E-state index contributed by atoms with van der Waals surface area (Å²) in [6.45, 7) is 2.32. The van der Waals surface area contributed by atoms with Crippen LogP contribution in [-0.4, -0.2) is 27.5 Å². The maximum absolute atomic E-state index is 12.0. The van der Waals surface area contributed by atoms with E-state index in [0.717, 1.165) is 10.6 Å². The second-order valence-electron chi connectivity index (χ2n) is 4.52. The molecule has 1 aromatic carbocycles. The van der Waals surface area contributed by atoms with E-state index in [0.29, 0.717) is 4.21 Å². The van der Waals surface area contributed by atoms with Gasteiger partial charge in [-0.3, -0.25) is 4.99 Å². The van der Waals surface area contributed by atoms with Crippen LogP contribution >= 0.6 is 11.3 Å². The molecule has 0 radical (unpaired) electrons. The number of guanidine groups is 1. The third-order valence-corrected chi connectivity index (χ3v) is 5.67. The average Bonchev–Trinajstić information content (AvgIpc) is 2.92. The van der Waals surface area contributed by atoms with E-state index >= 15 is 0 Å². The normalized spacial score (nSPS) is 12.3. The Labute approximate surface area is 134 Å². The summed E-state index contributed by atoms with van der Waals surface area (Å²) in [6.07, 6.45) is 0. The highest BCUT2D eigenvalue weighted by Crippen LogP contribution is 2.19. The van der Waals surface area contributed by atoms with Gasteiger partial charge in [0.15, 0.2) is 5.96 Å². The monoisotopic (exact) mass is 338 g/mol. The molecular weight excluding hydrogens is 320 g/mol. The van der Waals surface area contributed by atoms with E-state index < -0.39 is 10.0 Å². The highest BCUT2D eigenvalue weighted by Gasteiger charge is 2.14. The molecule has 4 N–H and O–H groups in total. The predicted octanol–water partition coefficient (Wildman–Crippen LogP) is 1.76. The van der Waals surface area contributed by atoms with Gasteiger partial charge in [-0.25, -0.2) is 13.1 Å². The Morgan fingerprint density at radius 1 is 1.23 bits per heavy atom. The number of aryl methyl sites for hydroxylation is 1.